The summed E-state index contributed by atoms with van der Waals surface area (Å²) >= 11 is 0. The van der Waals surface area contributed by atoms with Crippen molar-refractivity contribution in [1.29, 1.82) is 0 Å². The van der Waals surface area contributed by atoms with Gasteiger partial charge in [0.2, 0.25) is 0 Å². The summed E-state index contributed by atoms with van der Waals surface area (Å²) in [5.41, 5.74) is 5.46. The van der Waals surface area contributed by atoms with Gasteiger partial charge in [0.25, 0.3) is 0 Å². The van der Waals surface area contributed by atoms with Gasteiger partial charge in [-0.25, -0.2) is 14.1 Å². The fourth-order valence-electron chi connectivity index (χ4n) is 5.00. The molecule has 1 aliphatic rings. The second-order valence-electron chi connectivity index (χ2n) is 10.6. The lowest BCUT2D eigenvalue weighted by Crippen LogP contribution is -2.39. The third kappa shape index (κ3) is 9.19. The molecule has 0 aliphatic carbocycles. The molecule has 0 saturated carbocycles. The molecule has 13 heteroatoms. The van der Waals surface area contributed by atoms with E-state index in [1.54, 1.807) is 19.1 Å². The number of fused-ring (bicyclic) bond motifs is 1. The molecular weight excluding hydrogens is 539 g/mol. The van der Waals surface area contributed by atoms with Gasteiger partial charge in [0.1, 0.15) is 35.8 Å². The summed E-state index contributed by atoms with van der Waals surface area (Å²) in [7, 11) is -4.40. The first-order valence-electron chi connectivity index (χ1n) is 14.5. The summed E-state index contributed by atoms with van der Waals surface area (Å²) in [6.07, 6.45) is 10.5. The number of anilines is 1. The number of phosphoric ester groups is 1. The number of nitrogens with two attached hydrogens (primary N) is 1. The summed E-state index contributed by atoms with van der Waals surface area (Å²) in [5.74, 6) is 0.250. The molecule has 1 saturated heterocycles. The largest absolute Gasteiger partial charge is 0.472 e. The van der Waals surface area contributed by atoms with Crippen molar-refractivity contribution in [1.82, 2.24) is 14.6 Å². The maximum atomic E-state index is 12.3. The van der Waals surface area contributed by atoms with E-state index in [1.165, 1.54) is 62.2 Å². The van der Waals surface area contributed by atoms with Gasteiger partial charge in [-0.15, -0.1) is 0 Å². The Labute approximate surface area is 236 Å². The molecule has 3 rings (SSSR count). The number of aliphatic hydroxyl groups is 2. The van der Waals surface area contributed by atoms with Crippen LogP contribution in [0.15, 0.2) is 18.5 Å². The van der Waals surface area contributed by atoms with Crippen LogP contribution in [0.1, 0.15) is 90.2 Å². The van der Waals surface area contributed by atoms with Gasteiger partial charge in [0.15, 0.2) is 5.82 Å². The number of ether oxygens (including phenoxy) is 2. The van der Waals surface area contributed by atoms with Crippen LogP contribution in [0.4, 0.5) is 5.82 Å². The van der Waals surface area contributed by atoms with Crippen molar-refractivity contribution in [3.05, 3.63) is 24.2 Å². The Morgan fingerprint density at radius 3 is 2.35 bits per heavy atom. The van der Waals surface area contributed by atoms with E-state index < -0.39 is 38.3 Å². The predicted octanol–water partition coefficient (Wildman–Crippen LogP) is 4.11. The quantitative estimate of drug-likeness (QED) is 0.130. The van der Waals surface area contributed by atoms with Gasteiger partial charge in [0.05, 0.1) is 18.9 Å². The fraction of sp³-hybridized carbons (Fsp3) is 0.778. The number of aliphatic hydroxyl groups excluding tert-OH is 2. The number of unbranched alkanes of at least 4 members (excludes halogenated alkanes) is 9. The normalized spacial score (nSPS) is 24.6. The summed E-state index contributed by atoms with van der Waals surface area (Å²) in [6.45, 7) is 4.43. The minimum atomic E-state index is -4.40. The Morgan fingerprint density at radius 1 is 1.00 bits per heavy atom. The van der Waals surface area contributed by atoms with Crippen molar-refractivity contribution in [2.45, 2.75) is 108 Å². The summed E-state index contributed by atoms with van der Waals surface area (Å²) in [4.78, 5) is 14.0. The lowest BCUT2D eigenvalue weighted by Gasteiger charge is -2.27. The molecule has 2 unspecified atom stereocenters. The van der Waals surface area contributed by atoms with E-state index in [2.05, 4.69) is 17.0 Å². The third-order valence-corrected chi connectivity index (χ3v) is 8.37. The maximum Gasteiger partial charge on any atom is 0.472 e. The Kier molecular flexibility index (Phi) is 13.3. The van der Waals surface area contributed by atoms with E-state index in [0.717, 1.165) is 12.8 Å². The van der Waals surface area contributed by atoms with Gasteiger partial charge in [-0.3, -0.25) is 9.05 Å². The monoisotopic (exact) mass is 586 g/mol. The Balaban J connectivity index is 1.29. The molecule has 12 nitrogen and oxygen atoms in total. The van der Waals surface area contributed by atoms with Gasteiger partial charge in [-0.2, -0.15) is 5.10 Å². The number of hydrogen-bond acceptors (Lipinski definition) is 10. The fourth-order valence-corrected chi connectivity index (χ4v) is 5.77. The molecule has 0 aromatic carbocycles. The summed E-state index contributed by atoms with van der Waals surface area (Å²) in [5, 5.41) is 25.5. The molecule has 0 spiro atoms. The van der Waals surface area contributed by atoms with E-state index >= 15 is 0 Å². The third-order valence-electron chi connectivity index (χ3n) is 7.39. The first kappa shape index (κ1) is 32.9. The molecule has 1 aliphatic heterocycles. The van der Waals surface area contributed by atoms with E-state index in [4.69, 9.17) is 24.3 Å². The topological polar surface area (TPSA) is 171 Å². The lowest BCUT2D eigenvalue weighted by molar-refractivity contribution is -0.0888. The lowest BCUT2D eigenvalue weighted by atomic mass is 9.93. The molecule has 2 aromatic rings. The van der Waals surface area contributed by atoms with Crippen molar-refractivity contribution in [2.24, 2.45) is 0 Å². The molecule has 40 heavy (non-hydrogen) atoms. The second kappa shape index (κ2) is 16.1. The maximum absolute atomic E-state index is 12.3. The molecule has 5 atom stereocenters. The smallest absolute Gasteiger partial charge is 0.387 e. The van der Waals surface area contributed by atoms with E-state index in [-0.39, 0.29) is 12.4 Å². The van der Waals surface area contributed by atoms with Crippen molar-refractivity contribution < 1.29 is 38.2 Å². The van der Waals surface area contributed by atoms with Crippen LogP contribution in [0.3, 0.4) is 0 Å². The van der Waals surface area contributed by atoms with Gasteiger partial charge < -0.3 is 30.3 Å². The van der Waals surface area contributed by atoms with Crippen molar-refractivity contribution in [2.75, 3.05) is 32.2 Å². The second-order valence-corrected chi connectivity index (χ2v) is 12.1. The standard InChI is InChI=1S/C27H47N4O8P/c1-3-4-5-6-7-8-9-10-11-12-16-36-17-13-18-37-40(34,35)38-19-22-24(32)25(33)27(2,39-22)23-15-14-21-26(28)29-20-30-31(21)23/h14-15,20,22,24-25,32-33H,3-13,16-19H2,1-2H3,(H,34,35)(H2,28,29,30)/t22?,24-,25-,27+/m1/s1. The van der Waals surface area contributed by atoms with Gasteiger partial charge in [-0.1, -0.05) is 64.7 Å². The molecule has 2 aromatic heterocycles. The average molecular weight is 587 g/mol. The summed E-state index contributed by atoms with van der Waals surface area (Å²) in [6, 6.07) is 3.34. The van der Waals surface area contributed by atoms with Crippen LogP contribution in [0.5, 0.6) is 0 Å². The van der Waals surface area contributed by atoms with Crippen LogP contribution in [0.2, 0.25) is 0 Å². The highest BCUT2D eigenvalue weighted by molar-refractivity contribution is 7.47. The number of phosphoric acid groups is 1. The predicted molar refractivity (Wildman–Crippen MR) is 151 cm³/mol. The number of hydrogen-bond donors (Lipinski definition) is 4. The van der Waals surface area contributed by atoms with Crippen LogP contribution in [0, 0.1) is 0 Å². The average Bonchev–Trinajstić information content (AvgIpc) is 3.47. The van der Waals surface area contributed by atoms with Crippen LogP contribution in [0.25, 0.3) is 5.52 Å². The van der Waals surface area contributed by atoms with Crippen molar-refractivity contribution in [3.63, 3.8) is 0 Å². The molecular formula is C27H47N4O8P. The molecule has 1 fully saturated rings. The molecule has 0 bridgehead atoms. The zero-order valence-electron chi connectivity index (χ0n) is 23.8. The molecule has 0 radical (unpaired) electrons. The van der Waals surface area contributed by atoms with Crippen molar-refractivity contribution in [3.8, 4) is 0 Å². The van der Waals surface area contributed by atoms with Crippen molar-refractivity contribution >= 4 is 19.2 Å². The van der Waals surface area contributed by atoms with Gasteiger partial charge in [-0.05, 0) is 31.9 Å². The number of aromatic nitrogens is 3. The molecule has 0 amide bonds. The van der Waals surface area contributed by atoms with Gasteiger partial charge >= 0.3 is 7.82 Å². The highest BCUT2D eigenvalue weighted by Crippen LogP contribution is 2.46. The SMILES string of the molecule is CCCCCCCCCCCCOCCCOP(=O)(O)OCC1O[C@@](C)(c2ccc3c(N)ncnn23)[C@H](O)[C@@H]1O. The van der Waals surface area contributed by atoms with Crippen LogP contribution >= 0.6 is 7.82 Å². The highest BCUT2D eigenvalue weighted by atomic mass is 31.2. The van der Waals surface area contributed by atoms with Crippen LogP contribution in [-0.4, -0.2) is 74.4 Å². The van der Waals surface area contributed by atoms with Gasteiger partial charge in [0, 0.05) is 13.2 Å². The number of nitrogen functional groups attached to an aromatic ring is 1. The zero-order valence-corrected chi connectivity index (χ0v) is 24.7. The Morgan fingerprint density at radius 2 is 1.65 bits per heavy atom. The van der Waals surface area contributed by atoms with Crippen LogP contribution < -0.4 is 5.73 Å². The number of rotatable bonds is 20. The molecule has 5 N–H and O–H groups in total. The van der Waals surface area contributed by atoms with Crippen LogP contribution in [-0.2, 0) is 28.7 Å². The minimum absolute atomic E-state index is 0.0164. The zero-order chi connectivity index (χ0) is 29.0. The van der Waals surface area contributed by atoms with E-state index in [1.807, 2.05) is 0 Å². The molecule has 3 heterocycles. The summed E-state index contributed by atoms with van der Waals surface area (Å²) < 4.78 is 35.4. The number of nitrogens with zero attached hydrogens (tertiary/aromatic N) is 3. The Hall–Kier alpha value is -1.63. The molecule has 228 valence electrons. The van der Waals surface area contributed by atoms with E-state index in [9.17, 15) is 19.7 Å². The first-order chi connectivity index (χ1) is 19.2. The minimum Gasteiger partial charge on any atom is -0.387 e. The first-order valence-corrected chi connectivity index (χ1v) is 16.0. The van der Waals surface area contributed by atoms with E-state index in [0.29, 0.717) is 30.8 Å². The Bertz CT molecular complexity index is 1070. The highest BCUT2D eigenvalue weighted by Gasteiger charge is 2.54.